The second-order valence-corrected chi connectivity index (χ2v) is 6.31. The van der Waals surface area contributed by atoms with E-state index in [1.165, 1.54) is 19.2 Å². The molecule has 1 fully saturated rings. The first kappa shape index (κ1) is 18.7. The molecule has 1 unspecified atom stereocenters. The van der Waals surface area contributed by atoms with Crippen LogP contribution in [0, 0.1) is 5.82 Å². The number of nitrogens with zero attached hydrogens (tertiary/aromatic N) is 1. The van der Waals surface area contributed by atoms with Crippen molar-refractivity contribution in [2.45, 2.75) is 19.0 Å². The summed E-state index contributed by atoms with van der Waals surface area (Å²) in [6.07, 6.45) is 0.218. The second-order valence-electron chi connectivity index (χ2n) is 6.31. The largest absolute Gasteiger partial charge is 0.493 e. The molecule has 6 nitrogen and oxygen atoms in total. The van der Waals surface area contributed by atoms with Gasteiger partial charge >= 0.3 is 0 Å². The number of carbonyl (C=O) groups excluding carboxylic acids is 2. The highest BCUT2D eigenvalue weighted by Crippen LogP contribution is 2.25. The Morgan fingerprint density at radius 3 is 2.74 bits per heavy atom. The van der Waals surface area contributed by atoms with E-state index >= 15 is 0 Å². The number of para-hydroxylation sites is 2. The third-order valence-electron chi connectivity index (χ3n) is 4.27. The fourth-order valence-electron chi connectivity index (χ4n) is 3.03. The Hall–Kier alpha value is -3.09. The SMILES string of the molecule is COc1ccccc1OCC(=O)NC1CC(=O)N(Cc2cccc(F)c2)C1. The fourth-order valence-corrected chi connectivity index (χ4v) is 3.03. The average molecular weight is 372 g/mol. The summed E-state index contributed by atoms with van der Waals surface area (Å²) in [4.78, 5) is 25.9. The van der Waals surface area contributed by atoms with E-state index < -0.39 is 0 Å². The van der Waals surface area contributed by atoms with Gasteiger partial charge in [0.1, 0.15) is 5.82 Å². The van der Waals surface area contributed by atoms with Crippen LogP contribution in [0.2, 0.25) is 0 Å². The van der Waals surface area contributed by atoms with Crippen molar-refractivity contribution in [3.05, 3.63) is 59.9 Å². The Labute approximate surface area is 156 Å². The summed E-state index contributed by atoms with van der Waals surface area (Å²) in [6.45, 7) is 0.533. The van der Waals surface area contributed by atoms with E-state index in [4.69, 9.17) is 9.47 Å². The van der Waals surface area contributed by atoms with Crippen LogP contribution in [0.5, 0.6) is 11.5 Å². The number of ether oxygens (including phenoxy) is 2. The highest BCUT2D eigenvalue weighted by atomic mass is 19.1. The standard InChI is InChI=1S/C20H21FN2O4/c1-26-17-7-2-3-8-18(17)27-13-19(24)22-16-10-20(25)23(12-16)11-14-5-4-6-15(21)9-14/h2-9,16H,10-13H2,1H3,(H,22,24). The van der Waals surface area contributed by atoms with Crippen molar-refractivity contribution in [1.82, 2.24) is 10.2 Å². The number of carbonyl (C=O) groups is 2. The van der Waals surface area contributed by atoms with Gasteiger partial charge in [-0.15, -0.1) is 0 Å². The van der Waals surface area contributed by atoms with E-state index in [9.17, 15) is 14.0 Å². The molecule has 1 aliphatic rings. The Balaban J connectivity index is 1.49. The normalized spacial score (nSPS) is 16.3. The molecular formula is C20H21FN2O4. The predicted molar refractivity (Wildman–Crippen MR) is 96.9 cm³/mol. The van der Waals surface area contributed by atoms with Gasteiger partial charge in [0.2, 0.25) is 5.91 Å². The summed E-state index contributed by atoms with van der Waals surface area (Å²) < 4.78 is 23.9. The highest BCUT2D eigenvalue weighted by molar-refractivity contribution is 5.82. The smallest absolute Gasteiger partial charge is 0.258 e. The summed E-state index contributed by atoms with van der Waals surface area (Å²) in [7, 11) is 1.53. The Bertz CT molecular complexity index is 827. The number of methoxy groups -OCH3 is 1. The zero-order chi connectivity index (χ0) is 19.2. The molecule has 1 heterocycles. The topological polar surface area (TPSA) is 67.9 Å². The molecule has 0 saturated carbocycles. The van der Waals surface area contributed by atoms with Crippen molar-refractivity contribution in [3.8, 4) is 11.5 Å². The van der Waals surface area contributed by atoms with E-state index in [0.29, 0.717) is 24.6 Å². The van der Waals surface area contributed by atoms with Crippen molar-refractivity contribution >= 4 is 11.8 Å². The maximum Gasteiger partial charge on any atom is 0.258 e. The Morgan fingerprint density at radius 1 is 1.22 bits per heavy atom. The molecule has 3 rings (SSSR count). The lowest BCUT2D eigenvalue weighted by Crippen LogP contribution is -2.39. The third-order valence-corrected chi connectivity index (χ3v) is 4.27. The summed E-state index contributed by atoms with van der Waals surface area (Å²) in [5, 5.41) is 2.80. The zero-order valence-corrected chi connectivity index (χ0v) is 15.0. The second kappa shape index (κ2) is 8.53. The number of benzene rings is 2. The van der Waals surface area contributed by atoms with Gasteiger partial charge in [-0.2, -0.15) is 0 Å². The van der Waals surface area contributed by atoms with Gasteiger partial charge in [0.15, 0.2) is 18.1 Å². The van der Waals surface area contributed by atoms with Gasteiger partial charge in [-0.1, -0.05) is 24.3 Å². The summed E-state index contributed by atoms with van der Waals surface area (Å²) in [5.74, 6) is 0.298. The first-order chi connectivity index (χ1) is 13.0. The predicted octanol–water partition coefficient (Wildman–Crippen LogP) is 2.13. The van der Waals surface area contributed by atoms with Crippen LogP contribution >= 0.6 is 0 Å². The van der Waals surface area contributed by atoms with Gasteiger partial charge in [0.25, 0.3) is 5.91 Å². The van der Waals surface area contributed by atoms with Crippen molar-refractivity contribution in [2.75, 3.05) is 20.3 Å². The molecule has 0 radical (unpaired) electrons. The van der Waals surface area contributed by atoms with Crippen LogP contribution in [-0.4, -0.2) is 43.0 Å². The number of hydrogen-bond donors (Lipinski definition) is 1. The first-order valence-electron chi connectivity index (χ1n) is 8.62. The first-order valence-corrected chi connectivity index (χ1v) is 8.62. The number of halogens is 1. The van der Waals surface area contributed by atoms with Gasteiger partial charge in [0.05, 0.1) is 13.2 Å². The maximum atomic E-state index is 13.3. The molecule has 2 aromatic rings. The molecule has 1 N–H and O–H groups in total. The summed E-state index contributed by atoms with van der Waals surface area (Å²) in [5.41, 5.74) is 0.717. The summed E-state index contributed by atoms with van der Waals surface area (Å²) >= 11 is 0. The fraction of sp³-hybridized carbons (Fsp3) is 0.300. The average Bonchev–Trinajstić information content (AvgIpc) is 2.99. The molecule has 0 aliphatic carbocycles. The van der Waals surface area contributed by atoms with E-state index in [-0.39, 0.29) is 36.7 Å². The van der Waals surface area contributed by atoms with Gasteiger partial charge < -0.3 is 19.7 Å². The minimum Gasteiger partial charge on any atom is -0.493 e. The molecule has 0 bridgehead atoms. The minimum atomic E-state index is -0.336. The molecule has 1 saturated heterocycles. The molecular weight excluding hydrogens is 351 g/mol. The molecule has 0 aromatic heterocycles. The Morgan fingerprint density at radius 2 is 2.00 bits per heavy atom. The number of nitrogens with one attached hydrogen (secondary N) is 1. The molecule has 27 heavy (non-hydrogen) atoms. The van der Waals surface area contributed by atoms with Crippen LogP contribution in [0.1, 0.15) is 12.0 Å². The lowest BCUT2D eigenvalue weighted by Gasteiger charge is -2.17. The minimum absolute atomic E-state index is 0.0739. The van der Waals surface area contributed by atoms with Gasteiger partial charge in [-0.25, -0.2) is 4.39 Å². The lowest BCUT2D eigenvalue weighted by molar-refractivity contribution is -0.128. The van der Waals surface area contributed by atoms with Crippen molar-refractivity contribution < 1.29 is 23.5 Å². The van der Waals surface area contributed by atoms with E-state index in [1.807, 2.05) is 6.07 Å². The van der Waals surface area contributed by atoms with Crippen molar-refractivity contribution in [2.24, 2.45) is 0 Å². The maximum absolute atomic E-state index is 13.3. The van der Waals surface area contributed by atoms with Gasteiger partial charge in [0, 0.05) is 19.5 Å². The molecule has 0 spiro atoms. The van der Waals surface area contributed by atoms with Crippen LogP contribution < -0.4 is 14.8 Å². The molecule has 142 valence electrons. The number of rotatable bonds is 7. The van der Waals surface area contributed by atoms with E-state index in [2.05, 4.69) is 5.32 Å². The monoisotopic (exact) mass is 372 g/mol. The number of amides is 2. The molecule has 2 aromatic carbocycles. The van der Waals surface area contributed by atoms with Crippen molar-refractivity contribution in [3.63, 3.8) is 0 Å². The summed E-state index contributed by atoms with van der Waals surface area (Å²) in [6, 6.07) is 12.9. The zero-order valence-electron chi connectivity index (χ0n) is 15.0. The van der Waals surface area contributed by atoms with Crippen LogP contribution in [0.3, 0.4) is 0 Å². The quantitative estimate of drug-likeness (QED) is 0.809. The number of hydrogen-bond acceptors (Lipinski definition) is 4. The van der Waals surface area contributed by atoms with E-state index in [0.717, 1.165) is 5.56 Å². The molecule has 7 heteroatoms. The van der Waals surface area contributed by atoms with Crippen LogP contribution in [0.25, 0.3) is 0 Å². The molecule has 1 atom stereocenters. The molecule has 2 amide bonds. The Kier molecular flexibility index (Phi) is 5.90. The molecule has 1 aliphatic heterocycles. The lowest BCUT2D eigenvalue weighted by atomic mass is 10.2. The van der Waals surface area contributed by atoms with E-state index in [1.54, 1.807) is 35.2 Å². The number of likely N-dealkylation sites (tertiary alicyclic amines) is 1. The van der Waals surface area contributed by atoms with Crippen LogP contribution in [0.15, 0.2) is 48.5 Å². The van der Waals surface area contributed by atoms with Gasteiger partial charge in [-0.3, -0.25) is 9.59 Å². The van der Waals surface area contributed by atoms with Crippen LogP contribution in [0.4, 0.5) is 4.39 Å². The van der Waals surface area contributed by atoms with Crippen LogP contribution in [-0.2, 0) is 16.1 Å². The highest BCUT2D eigenvalue weighted by Gasteiger charge is 2.30. The third kappa shape index (κ3) is 4.97. The van der Waals surface area contributed by atoms with Crippen molar-refractivity contribution in [1.29, 1.82) is 0 Å². The van der Waals surface area contributed by atoms with Gasteiger partial charge in [-0.05, 0) is 29.8 Å².